The molecule has 0 bridgehead atoms. The maximum Gasteiger partial charge on any atom is 0.160 e. The van der Waals surface area contributed by atoms with Gasteiger partial charge in [0.1, 0.15) is 0 Å². The minimum Gasteiger partial charge on any atom is -0.394 e. The molecular formula is C11H24N2O5. The van der Waals surface area contributed by atoms with Crippen molar-refractivity contribution in [3.63, 3.8) is 0 Å². The van der Waals surface area contributed by atoms with Gasteiger partial charge in [0.2, 0.25) is 0 Å². The average Bonchev–Trinajstić information content (AvgIpc) is 2.42. The number of hydrogen-bond donors (Lipinski definition) is 6. The molecule has 0 saturated heterocycles. The van der Waals surface area contributed by atoms with E-state index in [1.54, 1.807) is 13.8 Å². The summed E-state index contributed by atoms with van der Waals surface area (Å²) in [6.07, 6.45) is 0. The fourth-order valence-corrected chi connectivity index (χ4v) is 1.01. The molecule has 0 heterocycles. The summed E-state index contributed by atoms with van der Waals surface area (Å²) in [6.45, 7) is 2.03. The van der Waals surface area contributed by atoms with Crippen molar-refractivity contribution < 1.29 is 25.2 Å². The highest BCUT2D eigenvalue weighted by Gasteiger charge is 2.24. The van der Waals surface area contributed by atoms with E-state index in [0.29, 0.717) is 0 Å². The maximum absolute atomic E-state index is 11.5. The molecular weight excluding hydrogens is 240 g/mol. The van der Waals surface area contributed by atoms with Crippen LogP contribution in [0.3, 0.4) is 0 Å². The van der Waals surface area contributed by atoms with Gasteiger partial charge >= 0.3 is 0 Å². The highest BCUT2D eigenvalue weighted by molar-refractivity contribution is 5.82. The quantitative estimate of drug-likeness (QED) is 0.252. The monoisotopic (exact) mass is 264 g/mol. The average molecular weight is 264 g/mol. The van der Waals surface area contributed by atoms with Crippen LogP contribution in [0.2, 0.25) is 0 Å². The molecule has 0 amide bonds. The van der Waals surface area contributed by atoms with Crippen LogP contribution in [0.25, 0.3) is 0 Å². The molecule has 6 N–H and O–H groups in total. The van der Waals surface area contributed by atoms with Gasteiger partial charge in [-0.1, -0.05) is 0 Å². The minimum atomic E-state index is -0.896. The summed E-state index contributed by atoms with van der Waals surface area (Å²) >= 11 is 0. The number of aliphatic hydroxyl groups is 4. The molecule has 0 atom stereocenters. The van der Waals surface area contributed by atoms with Crippen LogP contribution in [0.4, 0.5) is 0 Å². The van der Waals surface area contributed by atoms with E-state index in [9.17, 15) is 4.79 Å². The zero-order chi connectivity index (χ0) is 14.2. The molecule has 18 heavy (non-hydrogen) atoms. The van der Waals surface area contributed by atoms with Crippen molar-refractivity contribution in [3.05, 3.63) is 0 Å². The zero-order valence-corrected chi connectivity index (χ0v) is 10.9. The predicted molar refractivity (Wildman–Crippen MR) is 66.2 cm³/mol. The molecule has 0 aromatic carbocycles. The molecule has 0 aromatic rings. The summed E-state index contributed by atoms with van der Waals surface area (Å²) in [5.74, 6) is -0.198. The Morgan fingerprint density at radius 3 is 1.33 bits per heavy atom. The number of carbonyl (C=O) groups is 1. The highest BCUT2D eigenvalue weighted by atomic mass is 16.3. The molecule has 0 aliphatic carbocycles. The zero-order valence-electron chi connectivity index (χ0n) is 10.9. The maximum atomic E-state index is 11.5. The van der Waals surface area contributed by atoms with Crippen molar-refractivity contribution in [3.8, 4) is 0 Å². The fourth-order valence-electron chi connectivity index (χ4n) is 1.01. The van der Waals surface area contributed by atoms with Gasteiger partial charge in [0.05, 0.1) is 50.6 Å². The second kappa shape index (κ2) is 7.78. The normalized spacial score (nSPS) is 12.8. The lowest BCUT2D eigenvalue weighted by atomic mass is 10.0. The van der Waals surface area contributed by atoms with Crippen LogP contribution in [-0.4, -0.2) is 76.8 Å². The summed E-state index contributed by atoms with van der Waals surface area (Å²) in [6, 6.07) is 0. The Morgan fingerprint density at radius 2 is 1.11 bits per heavy atom. The van der Waals surface area contributed by atoms with Crippen LogP contribution >= 0.6 is 0 Å². The third kappa shape index (κ3) is 5.85. The first kappa shape index (κ1) is 17.4. The fraction of sp³-hybridized carbons (Fsp3) is 0.909. The van der Waals surface area contributed by atoms with Crippen molar-refractivity contribution in [1.29, 1.82) is 0 Å². The molecule has 0 unspecified atom stereocenters. The van der Waals surface area contributed by atoms with Gasteiger partial charge in [-0.2, -0.15) is 0 Å². The van der Waals surface area contributed by atoms with Crippen LogP contribution in [-0.2, 0) is 4.79 Å². The number of aliphatic hydroxyl groups excluding tert-OH is 4. The number of carbonyl (C=O) groups excluding carboxylic acids is 1. The van der Waals surface area contributed by atoms with Crippen molar-refractivity contribution in [2.24, 2.45) is 0 Å². The van der Waals surface area contributed by atoms with E-state index in [1.165, 1.54) is 0 Å². The van der Waals surface area contributed by atoms with E-state index in [4.69, 9.17) is 20.4 Å². The summed E-state index contributed by atoms with van der Waals surface area (Å²) in [4.78, 5) is 11.5. The molecule has 0 aliphatic heterocycles. The van der Waals surface area contributed by atoms with E-state index < -0.39 is 11.1 Å². The lowest BCUT2D eigenvalue weighted by Gasteiger charge is -2.28. The van der Waals surface area contributed by atoms with Gasteiger partial charge in [0.15, 0.2) is 5.78 Å². The van der Waals surface area contributed by atoms with Crippen LogP contribution in [0.1, 0.15) is 13.8 Å². The Morgan fingerprint density at radius 1 is 0.833 bits per heavy atom. The van der Waals surface area contributed by atoms with Crippen molar-refractivity contribution >= 4 is 5.78 Å². The van der Waals surface area contributed by atoms with E-state index in [1.807, 2.05) is 0 Å². The molecule has 7 nitrogen and oxygen atoms in total. The summed E-state index contributed by atoms with van der Waals surface area (Å²) < 4.78 is 0. The van der Waals surface area contributed by atoms with E-state index in [2.05, 4.69) is 10.6 Å². The molecule has 0 rings (SSSR count). The SMILES string of the molecule is CC(CO)(CO)NCC(=O)CNC(C)(CO)CO. The van der Waals surface area contributed by atoms with Crippen LogP contribution in [0, 0.1) is 0 Å². The standard InChI is InChI=1S/C11H24N2O5/c1-10(5-14,6-15)12-3-9(18)4-13-11(2,7-16)8-17/h12-17H,3-8H2,1-2H3. The van der Waals surface area contributed by atoms with E-state index in [-0.39, 0.29) is 45.3 Å². The number of rotatable bonds is 10. The first-order valence-electron chi connectivity index (χ1n) is 5.80. The first-order valence-corrected chi connectivity index (χ1v) is 5.80. The van der Waals surface area contributed by atoms with Crippen LogP contribution < -0.4 is 10.6 Å². The van der Waals surface area contributed by atoms with Gasteiger partial charge in [-0.15, -0.1) is 0 Å². The number of Topliss-reactive ketones (excluding diaryl/α,β-unsaturated/α-hetero) is 1. The lowest BCUT2D eigenvalue weighted by molar-refractivity contribution is -0.118. The lowest BCUT2D eigenvalue weighted by Crippen LogP contribution is -2.54. The van der Waals surface area contributed by atoms with Gasteiger partial charge < -0.3 is 31.1 Å². The molecule has 0 saturated carbocycles. The number of ketones is 1. The highest BCUT2D eigenvalue weighted by Crippen LogP contribution is 2.01. The Hall–Kier alpha value is -0.570. The van der Waals surface area contributed by atoms with Crippen LogP contribution in [0.15, 0.2) is 0 Å². The smallest absolute Gasteiger partial charge is 0.160 e. The molecule has 0 aliphatic rings. The Labute approximate surface area is 107 Å². The summed E-state index contributed by atoms with van der Waals surface area (Å²) in [5.41, 5.74) is -1.79. The molecule has 7 heteroatoms. The van der Waals surface area contributed by atoms with Gasteiger partial charge in [-0.05, 0) is 13.8 Å². The number of hydrogen-bond acceptors (Lipinski definition) is 7. The molecule has 0 radical (unpaired) electrons. The van der Waals surface area contributed by atoms with Crippen LogP contribution in [0.5, 0.6) is 0 Å². The largest absolute Gasteiger partial charge is 0.394 e. The molecule has 0 fully saturated rings. The van der Waals surface area contributed by atoms with Gasteiger partial charge in [-0.25, -0.2) is 0 Å². The number of nitrogens with one attached hydrogen (secondary N) is 2. The molecule has 0 spiro atoms. The Bertz CT molecular complexity index is 228. The molecule has 108 valence electrons. The van der Waals surface area contributed by atoms with Crippen molar-refractivity contribution in [2.75, 3.05) is 39.5 Å². The second-order valence-electron chi connectivity index (χ2n) is 5.00. The van der Waals surface area contributed by atoms with E-state index in [0.717, 1.165) is 0 Å². The summed E-state index contributed by atoms with van der Waals surface area (Å²) in [7, 11) is 0. The second-order valence-corrected chi connectivity index (χ2v) is 5.00. The van der Waals surface area contributed by atoms with Gasteiger partial charge in [0, 0.05) is 0 Å². The Balaban J connectivity index is 4.06. The topological polar surface area (TPSA) is 122 Å². The summed E-state index contributed by atoms with van der Waals surface area (Å²) in [5, 5.41) is 41.6. The van der Waals surface area contributed by atoms with E-state index >= 15 is 0 Å². The Kier molecular flexibility index (Phi) is 7.53. The third-order valence-electron chi connectivity index (χ3n) is 2.82. The van der Waals surface area contributed by atoms with Crippen molar-refractivity contribution in [1.82, 2.24) is 10.6 Å². The minimum absolute atomic E-state index is 0.0163. The molecule has 0 aromatic heterocycles. The van der Waals surface area contributed by atoms with Crippen molar-refractivity contribution in [2.45, 2.75) is 24.9 Å². The van der Waals surface area contributed by atoms with Gasteiger partial charge in [-0.3, -0.25) is 4.79 Å². The predicted octanol–water partition coefficient (Wildman–Crippen LogP) is -2.78. The van der Waals surface area contributed by atoms with Gasteiger partial charge in [0.25, 0.3) is 0 Å². The first-order chi connectivity index (χ1) is 8.34. The third-order valence-corrected chi connectivity index (χ3v) is 2.82.